The fourth-order valence-electron chi connectivity index (χ4n) is 2.82. The second kappa shape index (κ2) is 6.29. The van der Waals surface area contributed by atoms with Crippen LogP contribution in [0.5, 0.6) is 0 Å². The molecule has 1 aliphatic rings. The maximum absolute atomic E-state index is 12.5. The Balaban J connectivity index is 1.63. The molecule has 1 unspecified atom stereocenters. The normalized spacial score (nSPS) is 18.1. The Bertz CT molecular complexity index is 648. The lowest BCUT2D eigenvalue weighted by Crippen LogP contribution is -2.31. The van der Waals surface area contributed by atoms with Crippen LogP contribution in [0.15, 0.2) is 16.9 Å². The number of nitrogens with zero attached hydrogens (tertiary/aromatic N) is 5. The number of rotatable bonds is 5. The lowest BCUT2D eigenvalue weighted by molar-refractivity contribution is -0.132. The Hall–Kier alpha value is -2.18. The molecule has 118 valence electrons. The first-order chi connectivity index (χ1) is 10.7. The first-order valence-corrected chi connectivity index (χ1v) is 7.78. The molecule has 2 aromatic rings. The minimum Gasteiger partial charge on any atom is -0.339 e. The zero-order valence-corrected chi connectivity index (χ0v) is 13.0. The van der Waals surface area contributed by atoms with Crippen molar-refractivity contribution in [2.45, 2.75) is 52.1 Å². The highest BCUT2D eigenvalue weighted by Crippen LogP contribution is 2.30. The van der Waals surface area contributed by atoms with Crippen LogP contribution in [-0.4, -0.2) is 37.3 Å². The summed E-state index contributed by atoms with van der Waals surface area (Å²) in [6.45, 7) is 5.32. The molecule has 0 aliphatic carbocycles. The number of carbonyl (C=O) groups is 1. The highest BCUT2D eigenvalue weighted by Gasteiger charge is 2.32. The average Bonchev–Trinajstić information content (AvgIpc) is 3.24. The minimum absolute atomic E-state index is 0.0455. The monoisotopic (exact) mass is 303 g/mol. The number of aromatic nitrogens is 4. The summed E-state index contributed by atoms with van der Waals surface area (Å²) < 4.78 is 6.98. The van der Waals surface area contributed by atoms with Crippen molar-refractivity contribution in [2.24, 2.45) is 0 Å². The van der Waals surface area contributed by atoms with Gasteiger partial charge >= 0.3 is 0 Å². The maximum atomic E-state index is 12.5. The molecular formula is C15H21N5O2. The second-order valence-electron chi connectivity index (χ2n) is 5.68. The van der Waals surface area contributed by atoms with Gasteiger partial charge in [-0.2, -0.15) is 10.1 Å². The highest BCUT2D eigenvalue weighted by molar-refractivity contribution is 5.76. The van der Waals surface area contributed by atoms with Crippen molar-refractivity contribution in [1.29, 1.82) is 0 Å². The Morgan fingerprint density at radius 1 is 1.50 bits per heavy atom. The molecule has 3 rings (SSSR count). The molecule has 1 aliphatic heterocycles. The minimum atomic E-state index is -0.0455. The van der Waals surface area contributed by atoms with Gasteiger partial charge in [0.15, 0.2) is 5.82 Å². The Labute approximate surface area is 129 Å². The predicted octanol–water partition coefficient (Wildman–Crippen LogP) is 1.89. The van der Waals surface area contributed by atoms with Gasteiger partial charge in [-0.15, -0.1) is 0 Å². The van der Waals surface area contributed by atoms with E-state index in [0.29, 0.717) is 31.1 Å². The number of carbonyl (C=O) groups excluding carboxylic acids is 1. The summed E-state index contributed by atoms with van der Waals surface area (Å²) in [5, 5.41) is 8.24. The van der Waals surface area contributed by atoms with E-state index in [0.717, 1.165) is 24.9 Å². The fraction of sp³-hybridized carbons (Fsp3) is 0.600. The van der Waals surface area contributed by atoms with E-state index in [-0.39, 0.29) is 11.9 Å². The summed E-state index contributed by atoms with van der Waals surface area (Å²) in [7, 11) is 0. The summed E-state index contributed by atoms with van der Waals surface area (Å²) in [6.07, 6.45) is 6.78. The van der Waals surface area contributed by atoms with Crippen LogP contribution in [0.1, 0.15) is 49.5 Å². The highest BCUT2D eigenvalue weighted by atomic mass is 16.5. The molecule has 1 saturated heterocycles. The van der Waals surface area contributed by atoms with Gasteiger partial charge in [0.1, 0.15) is 0 Å². The maximum Gasteiger partial charge on any atom is 0.226 e. The standard InChI is InChI=1S/C15H21N5O2/c1-3-13-17-15(18-22-13)12-5-4-7-20(12)14(21)6-8-19-10-11(2)9-16-19/h9-10,12H,3-8H2,1-2H3. The van der Waals surface area contributed by atoms with E-state index >= 15 is 0 Å². The van der Waals surface area contributed by atoms with Crippen LogP contribution in [-0.2, 0) is 17.8 Å². The first kappa shape index (κ1) is 14.7. The molecule has 0 radical (unpaired) electrons. The first-order valence-electron chi connectivity index (χ1n) is 7.78. The number of likely N-dealkylation sites (tertiary alicyclic amines) is 1. The van der Waals surface area contributed by atoms with E-state index in [1.807, 2.05) is 29.6 Å². The quantitative estimate of drug-likeness (QED) is 0.843. The SMILES string of the molecule is CCc1nc(C2CCCN2C(=O)CCn2cc(C)cn2)no1. The Kier molecular flexibility index (Phi) is 4.22. The number of hydrogen-bond donors (Lipinski definition) is 0. The molecule has 0 spiro atoms. The van der Waals surface area contributed by atoms with Gasteiger partial charge < -0.3 is 9.42 Å². The molecule has 0 saturated carbocycles. The summed E-state index contributed by atoms with van der Waals surface area (Å²) in [4.78, 5) is 18.7. The lowest BCUT2D eigenvalue weighted by Gasteiger charge is -2.22. The van der Waals surface area contributed by atoms with Crippen LogP contribution in [0.4, 0.5) is 0 Å². The van der Waals surface area contributed by atoms with E-state index in [2.05, 4.69) is 15.2 Å². The van der Waals surface area contributed by atoms with Crippen molar-refractivity contribution in [2.75, 3.05) is 6.54 Å². The van der Waals surface area contributed by atoms with Gasteiger partial charge in [0.2, 0.25) is 11.8 Å². The lowest BCUT2D eigenvalue weighted by atomic mass is 10.2. The Morgan fingerprint density at radius 3 is 3.05 bits per heavy atom. The molecule has 1 atom stereocenters. The summed E-state index contributed by atoms with van der Waals surface area (Å²) in [6, 6.07) is -0.0455. The molecule has 22 heavy (non-hydrogen) atoms. The summed E-state index contributed by atoms with van der Waals surface area (Å²) >= 11 is 0. The van der Waals surface area contributed by atoms with E-state index in [1.54, 1.807) is 6.20 Å². The van der Waals surface area contributed by atoms with Crippen molar-refractivity contribution in [3.8, 4) is 0 Å². The van der Waals surface area contributed by atoms with E-state index in [9.17, 15) is 4.79 Å². The van der Waals surface area contributed by atoms with Crippen molar-refractivity contribution < 1.29 is 9.32 Å². The molecule has 1 fully saturated rings. The van der Waals surface area contributed by atoms with Crippen LogP contribution in [0.2, 0.25) is 0 Å². The smallest absolute Gasteiger partial charge is 0.226 e. The van der Waals surface area contributed by atoms with Gasteiger partial charge in [0.05, 0.1) is 12.2 Å². The van der Waals surface area contributed by atoms with Crippen LogP contribution in [0, 0.1) is 6.92 Å². The summed E-state index contributed by atoms with van der Waals surface area (Å²) in [5.74, 6) is 1.39. The van der Waals surface area contributed by atoms with E-state index < -0.39 is 0 Å². The van der Waals surface area contributed by atoms with Gasteiger partial charge in [-0.25, -0.2) is 0 Å². The zero-order chi connectivity index (χ0) is 15.5. The topological polar surface area (TPSA) is 77.1 Å². The third-order valence-corrected chi connectivity index (χ3v) is 3.97. The number of amides is 1. The van der Waals surface area contributed by atoms with Crippen molar-refractivity contribution >= 4 is 5.91 Å². The van der Waals surface area contributed by atoms with E-state index in [1.165, 1.54) is 0 Å². The van der Waals surface area contributed by atoms with Gasteiger partial charge in [-0.3, -0.25) is 9.48 Å². The zero-order valence-electron chi connectivity index (χ0n) is 13.0. The number of hydrogen-bond acceptors (Lipinski definition) is 5. The van der Waals surface area contributed by atoms with Gasteiger partial charge in [0.25, 0.3) is 0 Å². The third-order valence-electron chi connectivity index (χ3n) is 3.97. The van der Waals surface area contributed by atoms with Crippen LogP contribution in [0.25, 0.3) is 0 Å². The third kappa shape index (κ3) is 3.03. The van der Waals surface area contributed by atoms with Crippen molar-refractivity contribution in [3.05, 3.63) is 29.7 Å². The Morgan fingerprint density at radius 2 is 2.36 bits per heavy atom. The van der Waals surface area contributed by atoms with Crippen LogP contribution >= 0.6 is 0 Å². The summed E-state index contributed by atoms with van der Waals surface area (Å²) in [5.41, 5.74) is 1.10. The number of aryl methyl sites for hydroxylation is 3. The molecular weight excluding hydrogens is 282 g/mol. The van der Waals surface area contributed by atoms with E-state index in [4.69, 9.17) is 4.52 Å². The predicted molar refractivity (Wildman–Crippen MR) is 78.9 cm³/mol. The molecule has 2 aromatic heterocycles. The van der Waals surface area contributed by atoms with Gasteiger partial charge in [-0.1, -0.05) is 12.1 Å². The van der Waals surface area contributed by atoms with Gasteiger partial charge in [-0.05, 0) is 25.3 Å². The molecule has 7 heteroatoms. The van der Waals surface area contributed by atoms with Crippen LogP contribution < -0.4 is 0 Å². The molecule has 0 aromatic carbocycles. The largest absolute Gasteiger partial charge is 0.339 e. The second-order valence-corrected chi connectivity index (χ2v) is 5.68. The molecule has 1 amide bonds. The molecule has 7 nitrogen and oxygen atoms in total. The molecule has 3 heterocycles. The van der Waals surface area contributed by atoms with Crippen LogP contribution in [0.3, 0.4) is 0 Å². The fourth-order valence-corrected chi connectivity index (χ4v) is 2.82. The van der Waals surface area contributed by atoms with Crippen molar-refractivity contribution in [3.63, 3.8) is 0 Å². The van der Waals surface area contributed by atoms with Crippen molar-refractivity contribution in [1.82, 2.24) is 24.8 Å². The average molecular weight is 303 g/mol. The molecule has 0 bridgehead atoms. The van der Waals surface area contributed by atoms with Gasteiger partial charge in [0, 0.05) is 32.1 Å². The molecule has 0 N–H and O–H groups in total.